The van der Waals surface area contributed by atoms with Crippen LogP contribution in [-0.4, -0.2) is 38.2 Å². The van der Waals surface area contributed by atoms with Crippen molar-refractivity contribution in [3.05, 3.63) is 28.2 Å². The molecule has 0 radical (unpaired) electrons. The van der Waals surface area contributed by atoms with Gasteiger partial charge >= 0.3 is 0 Å². The van der Waals surface area contributed by atoms with Crippen molar-refractivity contribution < 1.29 is 4.74 Å². The summed E-state index contributed by atoms with van der Waals surface area (Å²) in [5.74, 6) is 1.01. The minimum atomic E-state index is 0.390. The van der Waals surface area contributed by atoms with Gasteiger partial charge in [0.15, 0.2) is 0 Å². The Labute approximate surface area is 118 Å². The molecule has 1 aromatic rings. The van der Waals surface area contributed by atoms with Crippen LogP contribution in [0.25, 0.3) is 0 Å². The lowest BCUT2D eigenvalue weighted by Crippen LogP contribution is -2.39. The average molecular weight is 313 g/mol. The number of halogens is 1. The summed E-state index contributed by atoms with van der Waals surface area (Å²) in [4.78, 5) is 2.21. The van der Waals surface area contributed by atoms with E-state index in [1.807, 2.05) is 12.1 Å². The standard InChI is InChI=1S/C14H21BrN2O/c1-10(9-17(2)3)16-13-6-7-18-14-5-4-11(15)8-12(13)14/h4-5,8,10,13,16H,6-7,9H2,1-3H3. The van der Waals surface area contributed by atoms with Gasteiger partial charge in [-0.3, -0.25) is 0 Å². The Morgan fingerprint density at radius 2 is 2.28 bits per heavy atom. The van der Waals surface area contributed by atoms with E-state index in [9.17, 15) is 0 Å². The Kier molecular flexibility index (Phi) is 4.65. The van der Waals surface area contributed by atoms with E-state index in [0.717, 1.165) is 29.8 Å². The molecule has 4 heteroatoms. The largest absolute Gasteiger partial charge is 0.493 e. The number of benzene rings is 1. The first-order valence-corrected chi connectivity index (χ1v) is 7.18. The van der Waals surface area contributed by atoms with E-state index in [4.69, 9.17) is 4.74 Å². The van der Waals surface area contributed by atoms with Gasteiger partial charge in [0.05, 0.1) is 6.61 Å². The van der Waals surface area contributed by atoms with E-state index in [1.54, 1.807) is 0 Å². The van der Waals surface area contributed by atoms with Crippen LogP contribution in [0.5, 0.6) is 5.75 Å². The predicted octanol–water partition coefficient (Wildman–Crippen LogP) is 2.81. The van der Waals surface area contributed by atoms with E-state index in [1.165, 1.54) is 5.56 Å². The summed E-state index contributed by atoms with van der Waals surface area (Å²) in [6.45, 7) is 4.06. The summed E-state index contributed by atoms with van der Waals surface area (Å²) in [5.41, 5.74) is 1.27. The van der Waals surface area contributed by atoms with Crippen LogP contribution >= 0.6 is 15.9 Å². The van der Waals surface area contributed by atoms with E-state index in [0.29, 0.717) is 12.1 Å². The molecule has 3 nitrogen and oxygen atoms in total. The molecule has 0 aromatic heterocycles. The summed E-state index contributed by atoms with van der Waals surface area (Å²) < 4.78 is 6.81. The third kappa shape index (κ3) is 3.46. The van der Waals surface area contributed by atoms with Crippen LogP contribution in [-0.2, 0) is 0 Å². The summed E-state index contributed by atoms with van der Waals surface area (Å²) in [5, 5.41) is 3.69. The Bertz CT molecular complexity index is 409. The summed E-state index contributed by atoms with van der Waals surface area (Å²) >= 11 is 3.53. The van der Waals surface area contributed by atoms with Gasteiger partial charge in [-0.2, -0.15) is 0 Å². The molecule has 0 amide bonds. The molecule has 2 unspecified atom stereocenters. The number of nitrogens with zero attached hydrogens (tertiary/aromatic N) is 1. The van der Waals surface area contributed by atoms with Crippen LogP contribution in [0.1, 0.15) is 24.9 Å². The highest BCUT2D eigenvalue weighted by molar-refractivity contribution is 9.10. The average Bonchev–Trinajstić information content (AvgIpc) is 2.28. The van der Waals surface area contributed by atoms with Crippen molar-refractivity contribution >= 4 is 15.9 Å². The van der Waals surface area contributed by atoms with Gasteiger partial charge in [0.25, 0.3) is 0 Å². The van der Waals surface area contributed by atoms with Gasteiger partial charge in [-0.25, -0.2) is 0 Å². The number of rotatable bonds is 4. The zero-order valence-corrected chi connectivity index (χ0v) is 12.8. The Balaban J connectivity index is 2.09. The molecule has 18 heavy (non-hydrogen) atoms. The van der Waals surface area contributed by atoms with Gasteiger partial charge in [0, 0.05) is 35.1 Å². The first-order valence-electron chi connectivity index (χ1n) is 6.39. The zero-order valence-electron chi connectivity index (χ0n) is 11.2. The molecule has 1 N–H and O–H groups in total. The normalized spacial score (nSPS) is 20.4. The fourth-order valence-corrected chi connectivity index (χ4v) is 2.86. The first-order chi connectivity index (χ1) is 8.56. The fourth-order valence-electron chi connectivity index (χ4n) is 2.48. The highest BCUT2D eigenvalue weighted by Crippen LogP contribution is 2.34. The van der Waals surface area contributed by atoms with Gasteiger partial charge in [-0.1, -0.05) is 15.9 Å². The summed E-state index contributed by atoms with van der Waals surface area (Å²) in [6.07, 6.45) is 1.03. The van der Waals surface area contributed by atoms with Gasteiger partial charge in [0.1, 0.15) is 5.75 Å². The molecule has 0 spiro atoms. The minimum absolute atomic E-state index is 0.390. The van der Waals surface area contributed by atoms with Gasteiger partial charge in [-0.15, -0.1) is 0 Å². The van der Waals surface area contributed by atoms with Crippen molar-refractivity contribution in [2.75, 3.05) is 27.2 Å². The maximum absolute atomic E-state index is 5.70. The Morgan fingerprint density at radius 1 is 1.50 bits per heavy atom. The van der Waals surface area contributed by atoms with Crippen molar-refractivity contribution in [1.29, 1.82) is 0 Å². The molecule has 2 rings (SSSR count). The zero-order chi connectivity index (χ0) is 13.1. The summed E-state index contributed by atoms with van der Waals surface area (Å²) in [7, 11) is 4.21. The van der Waals surface area contributed by atoms with E-state index >= 15 is 0 Å². The number of hydrogen-bond donors (Lipinski definition) is 1. The summed E-state index contributed by atoms with van der Waals surface area (Å²) in [6, 6.07) is 7.10. The fraction of sp³-hybridized carbons (Fsp3) is 0.571. The second-order valence-electron chi connectivity index (χ2n) is 5.20. The molecule has 0 bridgehead atoms. The van der Waals surface area contributed by atoms with Crippen molar-refractivity contribution in [2.45, 2.75) is 25.4 Å². The molecule has 1 aromatic carbocycles. The number of ether oxygens (including phenoxy) is 1. The Hall–Kier alpha value is -0.580. The van der Waals surface area contributed by atoms with Crippen molar-refractivity contribution in [1.82, 2.24) is 10.2 Å². The van der Waals surface area contributed by atoms with Crippen LogP contribution in [0.4, 0.5) is 0 Å². The smallest absolute Gasteiger partial charge is 0.124 e. The number of likely N-dealkylation sites (N-methyl/N-ethyl adjacent to an activating group) is 1. The lowest BCUT2D eigenvalue weighted by Gasteiger charge is -2.30. The number of fused-ring (bicyclic) bond motifs is 1. The predicted molar refractivity (Wildman–Crippen MR) is 78.1 cm³/mol. The first kappa shape index (κ1) is 13.8. The molecule has 0 saturated carbocycles. The van der Waals surface area contributed by atoms with E-state index < -0.39 is 0 Å². The maximum Gasteiger partial charge on any atom is 0.124 e. The van der Waals surface area contributed by atoms with Crippen LogP contribution in [0.15, 0.2) is 22.7 Å². The molecule has 0 aliphatic carbocycles. The minimum Gasteiger partial charge on any atom is -0.493 e. The van der Waals surface area contributed by atoms with Gasteiger partial charge < -0.3 is 15.0 Å². The van der Waals surface area contributed by atoms with Crippen LogP contribution in [0.2, 0.25) is 0 Å². The van der Waals surface area contributed by atoms with Crippen LogP contribution < -0.4 is 10.1 Å². The SMILES string of the molecule is CC(CN(C)C)NC1CCOc2ccc(Br)cc21. The van der Waals surface area contributed by atoms with Gasteiger partial charge in [-0.05, 0) is 39.2 Å². The second-order valence-corrected chi connectivity index (χ2v) is 6.12. The lowest BCUT2D eigenvalue weighted by atomic mass is 10.00. The highest BCUT2D eigenvalue weighted by Gasteiger charge is 2.22. The number of nitrogens with one attached hydrogen (secondary N) is 1. The maximum atomic E-state index is 5.70. The molecule has 1 heterocycles. The van der Waals surface area contributed by atoms with E-state index in [2.05, 4.69) is 53.2 Å². The highest BCUT2D eigenvalue weighted by atomic mass is 79.9. The molecular formula is C14H21BrN2O. The Morgan fingerprint density at radius 3 is 3.00 bits per heavy atom. The molecule has 1 aliphatic rings. The number of hydrogen-bond acceptors (Lipinski definition) is 3. The van der Waals surface area contributed by atoms with Gasteiger partial charge in [0.2, 0.25) is 0 Å². The second kappa shape index (κ2) is 6.04. The monoisotopic (exact) mass is 312 g/mol. The lowest BCUT2D eigenvalue weighted by molar-refractivity contribution is 0.236. The molecular weight excluding hydrogens is 292 g/mol. The van der Waals surface area contributed by atoms with Crippen molar-refractivity contribution in [2.24, 2.45) is 0 Å². The molecule has 100 valence electrons. The van der Waals surface area contributed by atoms with Crippen molar-refractivity contribution in [3.63, 3.8) is 0 Å². The van der Waals surface area contributed by atoms with Crippen molar-refractivity contribution in [3.8, 4) is 5.75 Å². The van der Waals surface area contributed by atoms with Crippen LogP contribution in [0.3, 0.4) is 0 Å². The van der Waals surface area contributed by atoms with E-state index in [-0.39, 0.29) is 0 Å². The molecule has 0 fully saturated rings. The molecule has 0 saturated heterocycles. The molecule has 2 atom stereocenters. The quantitative estimate of drug-likeness (QED) is 0.925. The van der Waals surface area contributed by atoms with Crippen LogP contribution in [0, 0.1) is 0 Å². The topological polar surface area (TPSA) is 24.5 Å². The molecule has 1 aliphatic heterocycles. The third-order valence-electron chi connectivity index (χ3n) is 3.14. The third-order valence-corrected chi connectivity index (χ3v) is 3.63.